The van der Waals surface area contributed by atoms with Crippen molar-refractivity contribution >= 4 is 21.4 Å². The van der Waals surface area contributed by atoms with Crippen molar-refractivity contribution in [3.63, 3.8) is 0 Å². The maximum atomic E-state index is 10.9. The number of phenols is 1. The monoisotopic (exact) mass is 232 g/mol. The van der Waals surface area contributed by atoms with Gasteiger partial charge in [0.1, 0.15) is 5.75 Å². The van der Waals surface area contributed by atoms with E-state index in [0.717, 1.165) is 18.4 Å². The molecule has 1 rings (SSSR count). The van der Waals surface area contributed by atoms with Gasteiger partial charge in [0.05, 0.1) is 11.2 Å². The Labute approximate surface area is 85.6 Å². The van der Waals surface area contributed by atoms with Crippen LogP contribution in [-0.2, 0) is 10.0 Å². The lowest BCUT2D eigenvalue weighted by Crippen LogP contribution is -2.11. The highest BCUT2D eigenvalue weighted by molar-refractivity contribution is 7.92. The second-order valence-electron chi connectivity index (χ2n) is 2.80. The first kappa shape index (κ1) is 11.2. The molecule has 1 aromatic rings. The fraction of sp³-hybridized carbons (Fsp3) is 0.143. The van der Waals surface area contributed by atoms with Crippen LogP contribution < -0.4 is 4.72 Å². The molecule has 0 atom stereocenters. The number of hydrogen-bond donors (Lipinski definition) is 2. The molecule has 82 valence electrons. The fourth-order valence-corrected chi connectivity index (χ4v) is 1.55. The van der Waals surface area contributed by atoms with Crippen molar-refractivity contribution in [2.24, 2.45) is 0 Å². The van der Waals surface area contributed by atoms with E-state index in [1.807, 2.05) is 4.72 Å². The molecule has 0 radical (unpaired) electrons. The first-order valence-electron chi connectivity index (χ1n) is 3.75. The normalized spacial score (nSPS) is 11.0. The zero-order valence-corrected chi connectivity index (χ0v) is 8.48. The van der Waals surface area contributed by atoms with Crippen LogP contribution in [0.4, 0.5) is 11.4 Å². The molecule has 0 aliphatic heterocycles. The number of anilines is 1. The van der Waals surface area contributed by atoms with Gasteiger partial charge >= 0.3 is 0 Å². The number of para-hydroxylation sites is 1. The maximum absolute atomic E-state index is 10.9. The van der Waals surface area contributed by atoms with Gasteiger partial charge in [0, 0.05) is 6.07 Å². The molecule has 15 heavy (non-hydrogen) atoms. The van der Waals surface area contributed by atoms with Gasteiger partial charge in [-0.3, -0.25) is 14.8 Å². The second-order valence-corrected chi connectivity index (χ2v) is 4.55. The Balaban J connectivity index is 3.32. The Morgan fingerprint density at radius 2 is 2.07 bits per heavy atom. The number of phenolic OH excluding ortho intramolecular Hbond substituents is 1. The third kappa shape index (κ3) is 2.81. The van der Waals surface area contributed by atoms with Crippen LogP contribution in [0.15, 0.2) is 18.2 Å². The number of rotatable bonds is 3. The van der Waals surface area contributed by atoms with Crippen LogP contribution in [0.3, 0.4) is 0 Å². The first-order chi connectivity index (χ1) is 6.81. The summed E-state index contributed by atoms with van der Waals surface area (Å²) < 4.78 is 23.6. The first-order valence-corrected chi connectivity index (χ1v) is 5.64. The Kier molecular flexibility index (Phi) is 2.80. The number of aromatic hydroxyl groups is 1. The molecule has 0 aromatic heterocycles. The number of nitro benzene ring substituents is 1. The molecular weight excluding hydrogens is 224 g/mol. The van der Waals surface area contributed by atoms with Crippen molar-refractivity contribution in [1.29, 1.82) is 0 Å². The van der Waals surface area contributed by atoms with Gasteiger partial charge in [0.2, 0.25) is 10.0 Å². The van der Waals surface area contributed by atoms with Crippen molar-refractivity contribution in [3.05, 3.63) is 28.3 Å². The Morgan fingerprint density at radius 3 is 2.53 bits per heavy atom. The minimum atomic E-state index is -3.67. The lowest BCUT2D eigenvalue weighted by atomic mass is 10.2. The molecule has 0 saturated carbocycles. The van der Waals surface area contributed by atoms with Gasteiger partial charge in [0.15, 0.2) is 5.69 Å². The molecule has 0 fully saturated rings. The third-order valence-electron chi connectivity index (χ3n) is 1.50. The smallest absolute Gasteiger partial charge is 0.297 e. The lowest BCUT2D eigenvalue weighted by molar-refractivity contribution is -0.383. The summed E-state index contributed by atoms with van der Waals surface area (Å²) in [5.74, 6) is -0.491. The van der Waals surface area contributed by atoms with Crippen LogP contribution in [0, 0.1) is 10.1 Å². The molecule has 8 heteroatoms. The van der Waals surface area contributed by atoms with Gasteiger partial charge in [-0.2, -0.15) is 0 Å². The van der Waals surface area contributed by atoms with Gasteiger partial charge in [-0.05, 0) is 6.07 Å². The van der Waals surface area contributed by atoms with Crippen molar-refractivity contribution in [2.45, 2.75) is 0 Å². The number of nitrogens with one attached hydrogen (secondary N) is 1. The van der Waals surface area contributed by atoms with Gasteiger partial charge in [0.25, 0.3) is 5.69 Å². The highest BCUT2D eigenvalue weighted by atomic mass is 32.2. The third-order valence-corrected chi connectivity index (χ3v) is 2.08. The van der Waals surface area contributed by atoms with Crippen molar-refractivity contribution in [3.8, 4) is 5.75 Å². The summed E-state index contributed by atoms with van der Waals surface area (Å²) in [6, 6.07) is 3.49. The number of nitro groups is 1. The zero-order valence-electron chi connectivity index (χ0n) is 7.67. The van der Waals surface area contributed by atoms with E-state index < -0.39 is 32.1 Å². The molecule has 2 N–H and O–H groups in total. The molecular formula is C7H8N2O5S. The van der Waals surface area contributed by atoms with Crippen LogP contribution in [0.1, 0.15) is 0 Å². The number of benzene rings is 1. The van der Waals surface area contributed by atoms with E-state index in [1.54, 1.807) is 0 Å². The largest absolute Gasteiger partial charge is 0.505 e. The van der Waals surface area contributed by atoms with Crippen molar-refractivity contribution in [2.75, 3.05) is 11.0 Å². The number of hydrogen-bond acceptors (Lipinski definition) is 5. The summed E-state index contributed by atoms with van der Waals surface area (Å²) in [7, 11) is -3.67. The highest BCUT2D eigenvalue weighted by Crippen LogP contribution is 2.33. The van der Waals surface area contributed by atoms with Crippen LogP contribution >= 0.6 is 0 Å². The summed E-state index contributed by atoms with van der Waals surface area (Å²) in [6.07, 6.45) is 0.836. The predicted octanol–water partition coefficient (Wildman–Crippen LogP) is 0.672. The van der Waals surface area contributed by atoms with E-state index in [9.17, 15) is 23.6 Å². The van der Waals surface area contributed by atoms with Gasteiger partial charge in [-0.25, -0.2) is 8.42 Å². The summed E-state index contributed by atoms with van der Waals surface area (Å²) in [5, 5.41) is 19.8. The van der Waals surface area contributed by atoms with Gasteiger partial charge in [-0.15, -0.1) is 0 Å². The lowest BCUT2D eigenvalue weighted by Gasteiger charge is -2.06. The van der Waals surface area contributed by atoms with Crippen LogP contribution in [0.25, 0.3) is 0 Å². The highest BCUT2D eigenvalue weighted by Gasteiger charge is 2.19. The molecule has 0 bridgehead atoms. The van der Waals surface area contributed by atoms with E-state index >= 15 is 0 Å². The summed E-state index contributed by atoms with van der Waals surface area (Å²) in [4.78, 5) is 9.73. The molecule has 0 saturated heterocycles. The van der Waals surface area contributed by atoms with Crippen LogP contribution in [0.5, 0.6) is 5.75 Å². The molecule has 0 amide bonds. The molecule has 7 nitrogen and oxygen atoms in total. The van der Waals surface area contributed by atoms with Crippen molar-refractivity contribution < 1.29 is 18.4 Å². The number of sulfonamides is 1. The molecule has 0 heterocycles. The minimum absolute atomic E-state index is 0.426. The summed E-state index contributed by atoms with van der Waals surface area (Å²) >= 11 is 0. The fourth-order valence-electron chi connectivity index (χ4n) is 0.970. The Hall–Kier alpha value is -1.83. The average Bonchev–Trinajstić information content (AvgIpc) is 2.05. The quantitative estimate of drug-likeness (QED) is 0.452. The van der Waals surface area contributed by atoms with E-state index in [-0.39, 0.29) is 0 Å². The van der Waals surface area contributed by atoms with Crippen LogP contribution in [-0.4, -0.2) is 24.7 Å². The predicted molar refractivity (Wildman–Crippen MR) is 53.2 cm³/mol. The van der Waals surface area contributed by atoms with E-state index in [2.05, 4.69) is 0 Å². The number of nitrogens with zero attached hydrogens (tertiary/aromatic N) is 1. The van der Waals surface area contributed by atoms with E-state index in [1.165, 1.54) is 6.07 Å². The van der Waals surface area contributed by atoms with Crippen LogP contribution in [0.2, 0.25) is 0 Å². The summed E-state index contributed by atoms with van der Waals surface area (Å²) in [6.45, 7) is 0. The average molecular weight is 232 g/mol. The van der Waals surface area contributed by atoms with E-state index in [0.29, 0.717) is 0 Å². The Morgan fingerprint density at radius 1 is 1.47 bits per heavy atom. The minimum Gasteiger partial charge on any atom is -0.505 e. The standard InChI is InChI=1S/C7H8N2O5S/c1-15(13,14)8-7-5(9(11)12)3-2-4-6(7)10/h2-4,8,10H,1H3. The summed E-state index contributed by atoms with van der Waals surface area (Å²) in [5.41, 5.74) is -0.926. The second kappa shape index (κ2) is 3.73. The van der Waals surface area contributed by atoms with Crippen molar-refractivity contribution in [1.82, 2.24) is 0 Å². The molecule has 1 aromatic carbocycles. The molecule has 0 aliphatic carbocycles. The molecule has 0 spiro atoms. The SMILES string of the molecule is CS(=O)(=O)Nc1c(O)cccc1[N+](=O)[O-]. The van der Waals surface area contributed by atoms with Gasteiger partial charge < -0.3 is 5.11 Å². The van der Waals surface area contributed by atoms with E-state index in [4.69, 9.17) is 0 Å². The molecule has 0 unspecified atom stereocenters. The molecule has 0 aliphatic rings. The topological polar surface area (TPSA) is 110 Å². The van der Waals surface area contributed by atoms with Gasteiger partial charge in [-0.1, -0.05) is 6.07 Å². The zero-order chi connectivity index (χ0) is 11.6. The maximum Gasteiger partial charge on any atom is 0.297 e. The Bertz CT molecular complexity index is 496.